The molecule has 1 atom stereocenters. The highest BCUT2D eigenvalue weighted by Gasteiger charge is 2.20. The Kier molecular flexibility index (Phi) is 4.74. The summed E-state index contributed by atoms with van der Waals surface area (Å²) in [6.45, 7) is 7.61. The smallest absolute Gasteiger partial charge is 0.0695 e. The fourth-order valence-electron chi connectivity index (χ4n) is 2.21. The Balaban J connectivity index is 2.25. The van der Waals surface area contributed by atoms with E-state index in [0.29, 0.717) is 5.92 Å². The molecule has 0 amide bonds. The summed E-state index contributed by atoms with van der Waals surface area (Å²) in [6.07, 6.45) is 4.73. The molecule has 0 spiro atoms. The summed E-state index contributed by atoms with van der Waals surface area (Å²) in [5.41, 5.74) is 0. The van der Waals surface area contributed by atoms with Gasteiger partial charge < -0.3 is 10.0 Å². The molecule has 2 nitrogen and oxygen atoms in total. The number of β-amino-alcohol motifs (C(OH)–C–C–N with tert-alkyl or cyclic N) is 1. The molecule has 1 N–H and O–H groups in total. The molecule has 2 heteroatoms. The van der Waals surface area contributed by atoms with Gasteiger partial charge in [-0.05, 0) is 31.8 Å². The second-order valence-electron chi connectivity index (χ2n) is 4.15. The fraction of sp³-hybridized carbons (Fsp3) is 1.00. The van der Waals surface area contributed by atoms with E-state index in [-0.39, 0.29) is 6.10 Å². The lowest BCUT2D eigenvalue weighted by molar-refractivity contribution is 0.0679. The monoisotopic (exact) mass is 185 g/mol. The van der Waals surface area contributed by atoms with Crippen molar-refractivity contribution in [3.8, 4) is 0 Å². The number of hydrogen-bond donors (Lipinski definition) is 1. The van der Waals surface area contributed by atoms with Gasteiger partial charge in [0.2, 0.25) is 0 Å². The zero-order valence-corrected chi connectivity index (χ0v) is 9.00. The van der Waals surface area contributed by atoms with E-state index in [1.54, 1.807) is 0 Å². The zero-order chi connectivity index (χ0) is 9.68. The summed E-state index contributed by atoms with van der Waals surface area (Å²) >= 11 is 0. The van der Waals surface area contributed by atoms with Crippen molar-refractivity contribution in [3.05, 3.63) is 0 Å². The normalized spacial score (nSPS) is 21.2. The summed E-state index contributed by atoms with van der Waals surface area (Å²) in [6, 6.07) is 0. The molecular weight excluding hydrogens is 162 g/mol. The van der Waals surface area contributed by atoms with Crippen molar-refractivity contribution in [2.45, 2.75) is 45.6 Å². The Morgan fingerprint density at radius 1 is 1.15 bits per heavy atom. The van der Waals surface area contributed by atoms with Crippen molar-refractivity contribution in [2.24, 2.45) is 5.92 Å². The van der Waals surface area contributed by atoms with Gasteiger partial charge in [0.1, 0.15) is 0 Å². The molecule has 1 fully saturated rings. The average Bonchev–Trinajstić information content (AvgIpc) is 2.59. The molecule has 1 heterocycles. The number of hydrogen-bond acceptors (Lipinski definition) is 2. The average molecular weight is 185 g/mol. The van der Waals surface area contributed by atoms with Crippen LogP contribution in [0.5, 0.6) is 0 Å². The van der Waals surface area contributed by atoms with E-state index in [0.717, 1.165) is 19.4 Å². The number of aliphatic hydroxyl groups is 1. The van der Waals surface area contributed by atoms with Crippen molar-refractivity contribution < 1.29 is 5.11 Å². The lowest BCUT2D eigenvalue weighted by atomic mass is 9.96. The third-order valence-electron chi connectivity index (χ3n) is 3.24. The maximum absolute atomic E-state index is 9.93. The highest BCUT2D eigenvalue weighted by Crippen LogP contribution is 2.16. The van der Waals surface area contributed by atoms with Crippen molar-refractivity contribution in [2.75, 3.05) is 19.6 Å². The van der Waals surface area contributed by atoms with Gasteiger partial charge in [-0.25, -0.2) is 0 Å². The van der Waals surface area contributed by atoms with E-state index in [4.69, 9.17) is 0 Å². The molecule has 1 aliphatic rings. The topological polar surface area (TPSA) is 23.5 Å². The van der Waals surface area contributed by atoms with Gasteiger partial charge in [0, 0.05) is 6.54 Å². The number of nitrogens with zero attached hydrogens (tertiary/aromatic N) is 1. The van der Waals surface area contributed by atoms with Gasteiger partial charge in [-0.3, -0.25) is 0 Å². The van der Waals surface area contributed by atoms with Crippen molar-refractivity contribution in [1.82, 2.24) is 4.90 Å². The fourth-order valence-corrected chi connectivity index (χ4v) is 2.21. The predicted octanol–water partition coefficient (Wildman–Crippen LogP) is 1.88. The lowest BCUT2D eigenvalue weighted by Gasteiger charge is -2.25. The van der Waals surface area contributed by atoms with Crippen LogP contribution in [0.2, 0.25) is 0 Å². The van der Waals surface area contributed by atoms with Crippen molar-refractivity contribution in [3.63, 3.8) is 0 Å². The van der Waals surface area contributed by atoms with Gasteiger partial charge in [0.15, 0.2) is 0 Å². The molecule has 0 bridgehead atoms. The van der Waals surface area contributed by atoms with Crippen LogP contribution < -0.4 is 0 Å². The van der Waals surface area contributed by atoms with Crippen LogP contribution in [0.3, 0.4) is 0 Å². The van der Waals surface area contributed by atoms with Crippen LogP contribution in [0, 0.1) is 5.92 Å². The molecule has 1 aliphatic heterocycles. The molecule has 1 saturated heterocycles. The number of aliphatic hydroxyl groups excluding tert-OH is 1. The second kappa shape index (κ2) is 5.61. The molecule has 13 heavy (non-hydrogen) atoms. The lowest BCUT2D eigenvalue weighted by Crippen LogP contribution is -2.34. The van der Waals surface area contributed by atoms with Crippen LogP contribution in [0.1, 0.15) is 39.5 Å². The molecule has 0 aromatic rings. The largest absolute Gasteiger partial charge is 0.392 e. The third kappa shape index (κ3) is 3.28. The summed E-state index contributed by atoms with van der Waals surface area (Å²) in [7, 11) is 0. The zero-order valence-electron chi connectivity index (χ0n) is 9.00. The van der Waals surface area contributed by atoms with Crippen LogP contribution in [0.15, 0.2) is 0 Å². The van der Waals surface area contributed by atoms with Gasteiger partial charge in [0.25, 0.3) is 0 Å². The summed E-state index contributed by atoms with van der Waals surface area (Å²) < 4.78 is 0. The van der Waals surface area contributed by atoms with Crippen molar-refractivity contribution >= 4 is 0 Å². The highest BCUT2D eigenvalue weighted by molar-refractivity contribution is 4.74. The molecule has 0 aromatic carbocycles. The van der Waals surface area contributed by atoms with Crippen molar-refractivity contribution in [1.29, 1.82) is 0 Å². The van der Waals surface area contributed by atoms with Crippen LogP contribution >= 0.6 is 0 Å². The molecule has 0 radical (unpaired) electrons. The first-order chi connectivity index (χ1) is 6.27. The van der Waals surface area contributed by atoms with Crippen LogP contribution in [-0.4, -0.2) is 35.7 Å². The molecule has 0 saturated carbocycles. The minimum atomic E-state index is -0.104. The van der Waals surface area contributed by atoms with Gasteiger partial charge >= 0.3 is 0 Å². The molecule has 1 rings (SSSR count). The Hall–Kier alpha value is -0.0800. The standard InChI is InChI=1S/C11H23NO/c1-3-10(4-2)11(13)9-12-7-5-6-8-12/h10-11,13H,3-9H2,1-2H3. The molecule has 1 unspecified atom stereocenters. The van der Waals surface area contributed by atoms with Gasteiger partial charge in [-0.1, -0.05) is 26.7 Å². The van der Waals surface area contributed by atoms with Crippen LogP contribution in [-0.2, 0) is 0 Å². The van der Waals surface area contributed by atoms with E-state index in [9.17, 15) is 5.11 Å². The van der Waals surface area contributed by atoms with Gasteiger partial charge in [0.05, 0.1) is 6.10 Å². The van der Waals surface area contributed by atoms with Crippen LogP contribution in [0.4, 0.5) is 0 Å². The molecule has 0 aliphatic carbocycles. The van der Waals surface area contributed by atoms with E-state index in [1.165, 1.54) is 25.9 Å². The van der Waals surface area contributed by atoms with Gasteiger partial charge in [-0.15, -0.1) is 0 Å². The maximum atomic E-state index is 9.93. The van der Waals surface area contributed by atoms with Crippen LogP contribution in [0.25, 0.3) is 0 Å². The third-order valence-corrected chi connectivity index (χ3v) is 3.24. The quantitative estimate of drug-likeness (QED) is 0.707. The highest BCUT2D eigenvalue weighted by atomic mass is 16.3. The number of rotatable bonds is 5. The minimum absolute atomic E-state index is 0.104. The Bertz CT molecular complexity index is 128. The molecule has 78 valence electrons. The second-order valence-corrected chi connectivity index (χ2v) is 4.15. The maximum Gasteiger partial charge on any atom is 0.0695 e. The van der Waals surface area contributed by atoms with E-state index >= 15 is 0 Å². The van der Waals surface area contributed by atoms with Gasteiger partial charge in [-0.2, -0.15) is 0 Å². The Morgan fingerprint density at radius 2 is 1.69 bits per heavy atom. The first-order valence-corrected chi connectivity index (χ1v) is 5.68. The molecular formula is C11H23NO. The first kappa shape index (κ1) is 11.0. The van der Waals surface area contributed by atoms with E-state index in [1.807, 2.05) is 0 Å². The minimum Gasteiger partial charge on any atom is -0.392 e. The Labute approximate surface area is 81.9 Å². The number of likely N-dealkylation sites (tertiary alicyclic amines) is 1. The summed E-state index contributed by atoms with van der Waals surface area (Å²) in [5, 5.41) is 9.93. The first-order valence-electron chi connectivity index (χ1n) is 5.68. The predicted molar refractivity (Wildman–Crippen MR) is 55.8 cm³/mol. The van der Waals surface area contributed by atoms with E-state index < -0.39 is 0 Å². The summed E-state index contributed by atoms with van der Waals surface area (Å²) in [4.78, 5) is 2.39. The SMILES string of the molecule is CCC(CC)C(O)CN1CCCC1. The Morgan fingerprint density at radius 3 is 2.15 bits per heavy atom. The molecule has 0 aromatic heterocycles. The van der Waals surface area contributed by atoms with E-state index in [2.05, 4.69) is 18.7 Å². The summed E-state index contributed by atoms with van der Waals surface area (Å²) in [5.74, 6) is 0.501.